The molecule has 0 saturated heterocycles. The Kier molecular flexibility index (Phi) is 11.5. The molecular weight excluding hydrogens is 830 g/mol. The van der Waals surface area contributed by atoms with E-state index in [4.69, 9.17) is 11.4 Å². The molecule has 310 valence electrons. The molecule has 0 aliphatic rings. The van der Waals surface area contributed by atoms with Gasteiger partial charge in [-0.1, -0.05) is 36.4 Å². The largest absolute Gasteiger partial charge is 1.20 e. The average Bonchev–Trinajstić information content (AvgIpc) is 3.34. The molecule has 16 heteroatoms. The van der Waals surface area contributed by atoms with Gasteiger partial charge in [-0.15, -0.1) is 0 Å². The Morgan fingerprint density at radius 3 is 1.12 bits per heavy atom. The fourth-order valence-electron chi connectivity index (χ4n) is 6.93. The zero-order valence-corrected chi connectivity index (χ0v) is 34.5. The van der Waals surface area contributed by atoms with Crippen molar-refractivity contribution in [1.82, 2.24) is 15.0 Å². The van der Waals surface area contributed by atoms with Crippen LogP contribution in [-0.2, 0) is 0 Å². The van der Waals surface area contributed by atoms with Gasteiger partial charge in [-0.05, 0) is 109 Å². The van der Waals surface area contributed by atoms with Crippen molar-refractivity contribution in [2.75, 3.05) is 16.0 Å². The highest BCUT2D eigenvalue weighted by atomic mass is 27.3. The summed E-state index contributed by atoms with van der Waals surface area (Å²) < 4.78 is 20.1. The van der Waals surface area contributed by atoms with Crippen molar-refractivity contribution >= 4 is 88.3 Å². The maximum absolute atomic E-state index is 13.3. The van der Waals surface area contributed by atoms with Crippen LogP contribution in [0.3, 0.4) is 0 Å². The first-order chi connectivity index (χ1) is 31.3. The minimum Gasteiger partial charge on any atom is -0.576 e. The third-order valence-corrected chi connectivity index (χ3v) is 11.4. The molecule has 0 fully saturated rings. The van der Waals surface area contributed by atoms with E-state index in [1.807, 2.05) is 24.3 Å². The fourth-order valence-corrected chi connectivity index (χ4v) is 8.27. The molecule has 0 unspecified atom stereocenters. The number of rotatable bonds is 13. The summed E-state index contributed by atoms with van der Waals surface area (Å²) in [6, 6.07) is 43.6. The van der Waals surface area contributed by atoms with Gasteiger partial charge < -0.3 is 27.3 Å². The third-order valence-electron chi connectivity index (χ3n) is 10.0. The number of nitro benzene ring substituents is 1. The van der Waals surface area contributed by atoms with Crippen LogP contribution in [0.15, 0.2) is 176 Å². The van der Waals surface area contributed by atoms with E-state index in [1.54, 1.807) is 128 Å². The number of anilines is 3. The summed E-state index contributed by atoms with van der Waals surface area (Å²) in [5.41, 5.74) is 3.69. The van der Waals surface area contributed by atoms with Crippen LogP contribution in [0, 0.1) is 10.1 Å². The molecule has 0 aliphatic carbocycles. The molecule has 3 aromatic heterocycles. The molecule has 0 aliphatic heterocycles. The zero-order chi connectivity index (χ0) is 44.0. The highest BCUT2D eigenvalue weighted by Crippen LogP contribution is 2.36. The van der Waals surface area contributed by atoms with Crippen LogP contribution in [0.1, 0.15) is 31.1 Å². The molecular formula is C48H32AlN7O8. The number of nitrogens with one attached hydrogen (secondary N) is 3. The Labute approximate surface area is 368 Å². The Bertz CT molecular complexity index is 3090. The number of benzene rings is 6. The zero-order valence-electron chi connectivity index (χ0n) is 33.4. The summed E-state index contributed by atoms with van der Waals surface area (Å²) in [5, 5.41) is 21.7. The van der Waals surface area contributed by atoms with Crippen LogP contribution in [0.25, 0.3) is 32.7 Å². The number of hydrogen-bond acceptors (Lipinski definition) is 11. The van der Waals surface area contributed by atoms with E-state index in [-0.39, 0.29) is 28.8 Å². The monoisotopic (exact) mass is 861 g/mol. The number of amides is 3. The number of pyridine rings is 3. The normalized spacial score (nSPS) is 10.8. The van der Waals surface area contributed by atoms with Crippen LogP contribution in [-0.4, -0.2) is 52.7 Å². The summed E-state index contributed by atoms with van der Waals surface area (Å²) in [5.74, 6) is -0.205. The SMILES string of the molecule is O=C(Nc1ccc([O][Al]([O]c2ccc(NC(=O)c3ccccc3)c3cccnc23)[O]c2ccc(NC(=O)c3ccc([N+](=O)[O-])cc3)c3cccnc23)c2ncccc12)c1ccccc1. The predicted octanol–water partition coefficient (Wildman–Crippen LogP) is 9.52. The molecule has 3 amide bonds. The number of nitro groups is 1. The molecule has 9 rings (SSSR count). The second kappa shape index (κ2) is 18.1. The van der Waals surface area contributed by atoms with Gasteiger partial charge in [0.05, 0.1) is 22.0 Å². The number of non-ortho nitro benzene ring substituents is 1. The second-order valence-corrected chi connectivity index (χ2v) is 15.4. The average molecular weight is 862 g/mol. The molecule has 0 bridgehead atoms. The van der Waals surface area contributed by atoms with E-state index >= 15 is 0 Å². The summed E-state index contributed by atoms with van der Waals surface area (Å²) >= 11 is -3.47. The molecule has 0 atom stereocenters. The molecule has 3 N–H and O–H groups in total. The van der Waals surface area contributed by atoms with Crippen molar-refractivity contribution in [2.24, 2.45) is 0 Å². The lowest BCUT2D eigenvalue weighted by molar-refractivity contribution is -0.384. The van der Waals surface area contributed by atoms with Crippen LogP contribution in [0.2, 0.25) is 0 Å². The predicted molar refractivity (Wildman–Crippen MR) is 243 cm³/mol. The first-order valence-corrected chi connectivity index (χ1v) is 21.1. The second-order valence-electron chi connectivity index (χ2n) is 14.1. The number of carbonyl (C=O) groups excluding carboxylic acids is 3. The van der Waals surface area contributed by atoms with Gasteiger partial charge in [0.25, 0.3) is 23.4 Å². The van der Waals surface area contributed by atoms with Gasteiger partial charge in [0.1, 0.15) is 33.8 Å². The highest BCUT2D eigenvalue weighted by Gasteiger charge is 2.46. The van der Waals surface area contributed by atoms with Crippen LogP contribution in [0.4, 0.5) is 22.7 Å². The Balaban J connectivity index is 1.07. The van der Waals surface area contributed by atoms with Gasteiger partial charge in [0, 0.05) is 63.6 Å². The van der Waals surface area contributed by atoms with E-state index in [9.17, 15) is 24.5 Å². The van der Waals surface area contributed by atoms with E-state index in [2.05, 4.69) is 30.9 Å². The van der Waals surface area contributed by atoms with Crippen molar-refractivity contribution in [2.45, 2.75) is 0 Å². The standard InChI is InChI=1S/C16H11N3O4.2C16H12N2O2.Al/c20-14-8-7-13(12-2-1-9-17-15(12)14)18-16(21)10-3-5-11(6-4-10)19(22)23;2*19-14-9-8-13(12-7-4-10-17-15(12)14)18-16(20)11-5-2-1-3-6-11;/h1-9,20H,(H,18,21);2*1-10,19H,(H,18,20);/q;;;+3/p-3. The van der Waals surface area contributed by atoms with Gasteiger partial charge in [0.2, 0.25) is 0 Å². The minimum atomic E-state index is -3.47. The van der Waals surface area contributed by atoms with E-state index in [1.165, 1.54) is 24.3 Å². The summed E-state index contributed by atoms with van der Waals surface area (Å²) in [4.78, 5) is 64.2. The highest BCUT2D eigenvalue weighted by molar-refractivity contribution is 6.40. The topological polar surface area (TPSA) is 197 Å². The number of nitrogens with zero attached hydrogens (tertiary/aromatic N) is 4. The maximum atomic E-state index is 13.3. The number of fused-ring (bicyclic) bond motifs is 3. The molecule has 6 aromatic carbocycles. The first kappa shape index (κ1) is 40.7. The Morgan fingerprint density at radius 1 is 0.438 bits per heavy atom. The molecule has 0 saturated carbocycles. The van der Waals surface area contributed by atoms with E-state index < -0.39 is 26.0 Å². The lowest BCUT2D eigenvalue weighted by atomic mass is 10.1. The fraction of sp³-hybridized carbons (Fsp3) is 0. The lowest BCUT2D eigenvalue weighted by Crippen LogP contribution is -2.37. The molecule has 15 nitrogen and oxygen atoms in total. The summed E-state index contributed by atoms with van der Waals surface area (Å²) in [7, 11) is 0. The smallest absolute Gasteiger partial charge is 0.576 e. The van der Waals surface area contributed by atoms with Gasteiger partial charge in [-0.2, -0.15) is 0 Å². The molecule has 0 spiro atoms. The Hall–Kier alpha value is -8.71. The van der Waals surface area contributed by atoms with Gasteiger partial charge >= 0.3 is 15.1 Å². The van der Waals surface area contributed by atoms with E-state index in [0.717, 1.165) is 0 Å². The summed E-state index contributed by atoms with van der Waals surface area (Å²) in [6.45, 7) is 0. The number of hydrogen-bond donors (Lipinski definition) is 3. The van der Waals surface area contributed by atoms with Crippen molar-refractivity contribution in [3.63, 3.8) is 0 Å². The minimum absolute atomic E-state index is 0.139. The lowest BCUT2D eigenvalue weighted by Gasteiger charge is -2.20. The van der Waals surface area contributed by atoms with Crippen molar-refractivity contribution in [1.29, 1.82) is 0 Å². The van der Waals surface area contributed by atoms with Crippen molar-refractivity contribution in [3.8, 4) is 17.2 Å². The van der Waals surface area contributed by atoms with E-state index in [0.29, 0.717) is 72.4 Å². The third kappa shape index (κ3) is 8.72. The molecule has 64 heavy (non-hydrogen) atoms. The number of aromatic nitrogens is 3. The van der Waals surface area contributed by atoms with Gasteiger partial charge in [-0.3, -0.25) is 39.4 Å². The summed E-state index contributed by atoms with van der Waals surface area (Å²) in [6.07, 6.45) is 4.80. The molecule has 0 radical (unpaired) electrons. The first-order valence-electron chi connectivity index (χ1n) is 19.7. The van der Waals surface area contributed by atoms with Crippen molar-refractivity contribution in [3.05, 3.63) is 203 Å². The van der Waals surface area contributed by atoms with Crippen LogP contribution >= 0.6 is 0 Å². The number of carbonyl (C=O) groups is 3. The molecule has 3 heterocycles. The quantitative estimate of drug-likeness (QED) is 0.0567. The van der Waals surface area contributed by atoms with Gasteiger partial charge in [0.15, 0.2) is 0 Å². The van der Waals surface area contributed by atoms with Crippen LogP contribution < -0.4 is 27.3 Å². The van der Waals surface area contributed by atoms with Crippen LogP contribution in [0.5, 0.6) is 17.2 Å². The molecule has 9 aromatic rings. The van der Waals surface area contributed by atoms with Crippen molar-refractivity contribution < 1.29 is 30.7 Å². The maximum Gasteiger partial charge on any atom is 1.20 e. The Morgan fingerprint density at radius 2 is 0.781 bits per heavy atom. The van der Waals surface area contributed by atoms with Gasteiger partial charge in [-0.25, -0.2) is 0 Å².